The standard InChI is InChI=1S/C50H94O15/c1-3-5-7-9-11-13-15-16-17-18-19-20-21-22-23-25-26-28-30-32-41(52)60-35-38(63-42(53)33-31-29-27-24-14-12-10-8-6-4-2)36-61-49-48(59)46(57)44(55)40(65-49)37-62-50-47(58)45(56)43(54)39(34-51)64-50/h38-40,43-51,54-59H,3-37H2,1-2H3/t38-,39+,40+,43-,44-,45?,46?,47?,48?,49+,50+/m1/s1. The highest BCUT2D eigenvalue weighted by atomic mass is 16.7. The van der Waals surface area contributed by atoms with Crippen LogP contribution in [0, 0.1) is 0 Å². The molecule has 0 aliphatic carbocycles. The number of unbranched alkanes of at least 4 members (excludes halogenated alkanes) is 27. The van der Waals surface area contributed by atoms with Crippen LogP contribution in [-0.4, -0.2) is 142 Å². The van der Waals surface area contributed by atoms with Crippen LogP contribution in [0.15, 0.2) is 0 Å². The highest BCUT2D eigenvalue weighted by Crippen LogP contribution is 2.27. The van der Waals surface area contributed by atoms with Crippen LogP contribution in [0.4, 0.5) is 0 Å². The quantitative estimate of drug-likeness (QED) is 0.0237. The Morgan fingerprint density at radius 3 is 1.20 bits per heavy atom. The molecular formula is C50H94O15. The third-order valence-electron chi connectivity index (χ3n) is 12.8. The van der Waals surface area contributed by atoms with Crippen LogP contribution in [0.5, 0.6) is 0 Å². The second kappa shape index (κ2) is 38.4. The van der Waals surface area contributed by atoms with Crippen molar-refractivity contribution in [3.63, 3.8) is 0 Å². The van der Waals surface area contributed by atoms with Crippen molar-refractivity contribution in [2.45, 2.75) is 280 Å². The molecule has 2 aliphatic heterocycles. The SMILES string of the molecule is CCCCCCCCCCCCCCCCCCCCCC(=O)OC[C@H](CO[C@H]1O[C@@H](CO[C@H]2O[C@@H](CO)[C@@H](O)C(O)C2O)[C@@H](O)C(O)C1O)OC(=O)CCCCCCCCCCCC. The van der Waals surface area contributed by atoms with Gasteiger partial charge in [0.2, 0.25) is 0 Å². The molecule has 0 aromatic heterocycles. The smallest absolute Gasteiger partial charge is 0.306 e. The van der Waals surface area contributed by atoms with E-state index in [-0.39, 0.29) is 26.1 Å². The van der Waals surface area contributed by atoms with Crippen molar-refractivity contribution in [2.24, 2.45) is 0 Å². The van der Waals surface area contributed by atoms with E-state index in [1.807, 2.05) is 0 Å². The highest BCUT2D eigenvalue weighted by Gasteiger charge is 2.47. The summed E-state index contributed by atoms with van der Waals surface area (Å²) in [5, 5.41) is 72.0. The average Bonchev–Trinajstić information content (AvgIpc) is 3.30. The number of carbonyl (C=O) groups excluding carboxylic acids is 2. The van der Waals surface area contributed by atoms with E-state index in [0.717, 1.165) is 38.5 Å². The van der Waals surface area contributed by atoms with Gasteiger partial charge in [-0.3, -0.25) is 9.59 Å². The van der Waals surface area contributed by atoms with Crippen molar-refractivity contribution in [2.75, 3.05) is 26.4 Å². The molecule has 0 saturated carbocycles. The minimum Gasteiger partial charge on any atom is -0.462 e. The molecule has 2 aliphatic rings. The number of rotatable bonds is 41. The third kappa shape index (κ3) is 26.7. The lowest BCUT2D eigenvalue weighted by Gasteiger charge is -2.42. The molecule has 2 heterocycles. The summed E-state index contributed by atoms with van der Waals surface area (Å²) in [7, 11) is 0. The van der Waals surface area contributed by atoms with Gasteiger partial charge in [-0.25, -0.2) is 0 Å². The minimum atomic E-state index is -1.76. The Balaban J connectivity index is 1.75. The van der Waals surface area contributed by atoms with Gasteiger partial charge >= 0.3 is 11.9 Å². The second-order valence-electron chi connectivity index (χ2n) is 18.7. The fraction of sp³-hybridized carbons (Fsp3) is 0.960. The normalized spacial score (nSPS) is 26.3. The second-order valence-corrected chi connectivity index (χ2v) is 18.7. The van der Waals surface area contributed by atoms with Crippen LogP contribution in [0.3, 0.4) is 0 Å². The zero-order valence-electron chi connectivity index (χ0n) is 40.5. The Bertz CT molecular complexity index is 1150. The first-order chi connectivity index (χ1) is 31.5. The van der Waals surface area contributed by atoms with Crippen LogP contribution in [-0.2, 0) is 38.0 Å². The van der Waals surface area contributed by atoms with Crippen LogP contribution >= 0.6 is 0 Å². The lowest BCUT2D eigenvalue weighted by Crippen LogP contribution is -2.61. The maximum atomic E-state index is 12.9. The molecule has 0 radical (unpaired) electrons. The van der Waals surface area contributed by atoms with Crippen molar-refractivity contribution in [1.82, 2.24) is 0 Å². The summed E-state index contributed by atoms with van der Waals surface area (Å²) in [6.45, 7) is 2.60. The first-order valence-electron chi connectivity index (χ1n) is 26.1. The molecule has 2 rings (SSSR count). The Hall–Kier alpha value is -1.50. The first kappa shape index (κ1) is 59.6. The van der Waals surface area contributed by atoms with E-state index in [1.54, 1.807) is 0 Å². The molecule has 7 N–H and O–H groups in total. The number of ether oxygens (including phenoxy) is 6. The predicted molar refractivity (Wildman–Crippen MR) is 248 cm³/mol. The highest BCUT2D eigenvalue weighted by molar-refractivity contribution is 5.70. The van der Waals surface area contributed by atoms with Gasteiger partial charge in [0.05, 0.1) is 19.8 Å². The van der Waals surface area contributed by atoms with E-state index in [9.17, 15) is 45.3 Å². The summed E-state index contributed by atoms with van der Waals surface area (Å²) in [5.74, 6) is -0.912. The zero-order valence-corrected chi connectivity index (χ0v) is 40.5. The summed E-state index contributed by atoms with van der Waals surface area (Å²) in [6.07, 6.45) is 18.6. The summed E-state index contributed by atoms with van der Waals surface area (Å²) < 4.78 is 33.5. The molecule has 2 fully saturated rings. The summed E-state index contributed by atoms with van der Waals surface area (Å²) >= 11 is 0. The molecule has 0 spiro atoms. The first-order valence-corrected chi connectivity index (χ1v) is 26.1. The molecule has 11 atom stereocenters. The van der Waals surface area contributed by atoms with Gasteiger partial charge < -0.3 is 64.2 Å². The number of aliphatic hydroxyl groups is 7. The maximum Gasteiger partial charge on any atom is 0.306 e. The molecule has 384 valence electrons. The van der Waals surface area contributed by atoms with E-state index in [1.165, 1.54) is 135 Å². The van der Waals surface area contributed by atoms with Crippen molar-refractivity contribution < 1.29 is 73.8 Å². The van der Waals surface area contributed by atoms with Crippen molar-refractivity contribution >= 4 is 11.9 Å². The van der Waals surface area contributed by atoms with Crippen molar-refractivity contribution in [3.05, 3.63) is 0 Å². The van der Waals surface area contributed by atoms with Crippen molar-refractivity contribution in [1.29, 1.82) is 0 Å². The van der Waals surface area contributed by atoms with E-state index < -0.39 is 92.7 Å². The molecule has 4 unspecified atom stereocenters. The number of esters is 2. The number of aliphatic hydroxyl groups excluding tert-OH is 7. The van der Waals surface area contributed by atoms with Crippen LogP contribution < -0.4 is 0 Å². The Kier molecular flexibility index (Phi) is 35.2. The molecule has 0 aromatic carbocycles. The van der Waals surface area contributed by atoms with Gasteiger partial charge in [-0.1, -0.05) is 187 Å². The summed E-state index contributed by atoms with van der Waals surface area (Å²) in [4.78, 5) is 25.7. The van der Waals surface area contributed by atoms with Crippen LogP contribution in [0.2, 0.25) is 0 Å². The third-order valence-corrected chi connectivity index (χ3v) is 12.8. The van der Waals surface area contributed by atoms with Gasteiger partial charge in [0.25, 0.3) is 0 Å². The van der Waals surface area contributed by atoms with Crippen molar-refractivity contribution in [3.8, 4) is 0 Å². The number of hydrogen-bond donors (Lipinski definition) is 7. The Morgan fingerprint density at radius 1 is 0.431 bits per heavy atom. The largest absolute Gasteiger partial charge is 0.462 e. The van der Waals surface area contributed by atoms with E-state index in [2.05, 4.69) is 13.8 Å². The molecule has 15 nitrogen and oxygen atoms in total. The predicted octanol–water partition coefficient (Wildman–Crippen LogP) is 7.22. The molecule has 65 heavy (non-hydrogen) atoms. The van der Waals surface area contributed by atoms with Gasteiger partial charge in [-0.2, -0.15) is 0 Å². The fourth-order valence-electron chi connectivity index (χ4n) is 8.51. The van der Waals surface area contributed by atoms with Gasteiger partial charge in [-0.05, 0) is 12.8 Å². The van der Waals surface area contributed by atoms with Gasteiger partial charge in [0, 0.05) is 12.8 Å². The topological polar surface area (TPSA) is 231 Å². The Morgan fingerprint density at radius 2 is 0.785 bits per heavy atom. The molecule has 2 saturated heterocycles. The fourth-order valence-corrected chi connectivity index (χ4v) is 8.51. The summed E-state index contributed by atoms with van der Waals surface area (Å²) in [6, 6.07) is 0. The minimum absolute atomic E-state index is 0.172. The molecule has 0 amide bonds. The molecule has 0 bridgehead atoms. The van der Waals surface area contributed by atoms with Gasteiger partial charge in [0.15, 0.2) is 18.7 Å². The molecular weight excluding hydrogens is 841 g/mol. The number of hydrogen-bond acceptors (Lipinski definition) is 15. The van der Waals surface area contributed by atoms with Gasteiger partial charge in [0.1, 0.15) is 55.4 Å². The van der Waals surface area contributed by atoms with E-state index in [0.29, 0.717) is 12.8 Å². The Labute approximate surface area is 391 Å². The van der Waals surface area contributed by atoms with Crippen LogP contribution in [0.25, 0.3) is 0 Å². The van der Waals surface area contributed by atoms with E-state index in [4.69, 9.17) is 28.4 Å². The lowest BCUT2D eigenvalue weighted by molar-refractivity contribution is -0.332. The maximum absolute atomic E-state index is 12.9. The molecule has 15 heteroatoms. The average molecular weight is 935 g/mol. The monoisotopic (exact) mass is 935 g/mol. The van der Waals surface area contributed by atoms with E-state index >= 15 is 0 Å². The molecule has 0 aromatic rings. The number of carbonyl (C=O) groups is 2. The van der Waals surface area contributed by atoms with Crippen LogP contribution in [0.1, 0.15) is 213 Å². The zero-order chi connectivity index (χ0) is 47.5. The summed E-state index contributed by atoms with van der Waals surface area (Å²) in [5.41, 5.74) is 0. The lowest BCUT2D eigenvalue weighted by atomic mass is 9.98. The van der Waals surface area contributed by atoms with Gasteiger partial charge in [-0.15, -0.1) is 0 Å².